The highest BCUT2D eigenvalue weighted by molar-refractivity contribution is 5.81. The third-order valence-electron chi connectivity index (χ3n) is 3.39. The van der Waals surface area contributed by atoms with Crippen LogP contribution in [-0.4, -0.2) is 29.4 Å². The van der Waals surface area contributed by atoms with Gasteiger partial charge in [0.25, 0.3) is 0 Å². The van der Waals surface area contributed by atoms with Gasteiger partial charge in [-0.25, -0.2) is 0 Å². The predicted octanol–water partition coefficient (Wildman–Crippen LogP) is 2.72. The molecule has 0 aliphatic heterocycles. The lowest BCUT2D eigenvalue weighted by atomic mass is 9.98. The highest BCUT2D eigenvalue weighted by Crippen LogP contribution is 2.16. The van der Waals surface area contributed by atoms with Gasteiger partial charge in [-0.2, -0.15) is 0 Å². The van der Waals surface area contributed by atoms with Crippen molar-refractivity contribution in [3.8, 4) is 0 Å². The number of carbonyl (C=O) groups is 3. The standard InChI is InChI=1S/C17H22O5/c1-3-22-16(19)6-4-5-15(18)11-13-7-9-14(10-8-13)12(2)17(20)21/h7-10,12H,3-6,11H2,1-2H3,(H,20,21). The van der Waals surface area contributed by atoms with Crippen molar-refractivity contribution < 1.29 is 24.2 Å². The van der Waals surface area contributed by atoms with Crippen molar-refractivity contribution in [2.45, 2.75) is 45.4 Å². The number of carbonyl (C=O) groups excluding carboxylic acids is 2. The molecule has 0 amide bonds. The molecule has 0 heterocycles. The fourth-order valence-electron chi connectivity index (χ4n) is 2.05. The smallest absolute Gasteiger partial charge is 0.310 e. The monoisotopic (exact) mass is 306 g/mol. The molecule has 120 valence electrons. The summed E-state index contributed by atoms with van der Waals surface area (Å²) in [5.74, 6) is -1.65. The van der Waals surface area contributed by atoms with Crippen molar-refractivity contribution in [1.82, 2.24) is 0 Å². The zero-order chi connectivity index (χ0) is 16.5. The van der Waals surface area contributed by atoms with Crippen LogP contribution in [0.25, 0.3) is 0 Å². The van der Waals surface area contributed by atoms with E-state index in [2.05, 4.69) is 0 Å². The van der Waals surface area contributed by atoms with Crippen LogP contribution in [0.1, 0.15) is 50.2 Å². The van der Waals surface area contributed by atoms with E-state index in [1.165, 1.54) is 0 Å². The third kappa shape index (κ3) is 6.08. The van der Waals surface area contributed by atoms with Crippen LogP contribution >= 0.6 is 0 Å². The van der Waals surface area contributed by atoms with Gasteiger partial charge in [-0.05, 0) is 31.4 Å². The minimum absolute atomic E-state index is 0.0586. The Balaban J connectivity index is 2.42. The van der Waals surface area contributed by atoms with Crippen LogP contribution in [0.3, 0.4) is 0 Å². The maximum atomic E-state index is 11.8. The summed E-state index contributed by atoms with van der Waals surface area (Å²) in [5, 5.41) is 8.94. The number of ether oxygens (including phenoxy) is 1. The average molecular weight is 306 g/mol. The highest BCUT2D eigenvalue weighted by Gasteiger charge is 2.13. The van der Waals surface area contributed by atoms with Gasteiger partial charge in [0.05, 0.1) is 12.5 Å². The fourth-order valence-corrected chi connectivity index (χ4v) is 2.05. The summed E-state index contributed by atoms with van der Waals surface area (Å²) in [4.78, 5) is 33.9. The molecule has 0 bridgehead atoms. The lowest BCUT2D eigenvalue weighted by molar-refractivity contribution is -0.143. The fraction of sp³-hybridized carbons (Fsp3) is 0.471. The molecule has 1 aromatic rings. The molecule has 0 aliphatic carbocycles. The van der Waals surface area contributed by atoms with Gasteiger partial charge in [0, 0.05) is 19.3 Å². The maximum absolute atomic E-state index is 11.8. The molecule has 0 aromatic heterocycles. The molecule has 1 unspecified atom stereocenters. The van der Waals surface area contributed by atoms with Gasteiger partial charge in [0.1, 0.15) is 5.78 Å². The van der Waals surface area contributed by atoms with E-state index in [4.69, 9.17) is 9.84 Å². The van der Waals surface area contributed by atoms with Crippen LogP contribution in [0.2, 0.25) is 0 Å². The van der Waals surface area contributed by atoms with E-state index in [9.17, 15) is 14.4 Å². The first-order valence-corrected chi connectivity index (χ1v) is 7.43. The second-order valence-electron chi connectivity index (χ2n) is 5.18. The maximum Gasteiger partial charge on any atom is 0.310 e. The van der Waals surface area contributed by atoms with Crippen LogP contribution < -0.4 is 0 Å². The highest BCUT2D eigenvalue weighted by atomic mass is 16.5. The van der Waals surface area contributed by atoms with Gasteiger partial charge in [0.15, 0.2) is 0 Å². The predicted molar refractivity (Wildman–Crippen MR) is 81.7 cm³/mol. The topological polar surface area (TPSA) is 80.7 Å². The van der Waals surface area contributed by atoms with E-state index in [0.29, 0.717) is 31.4 Å². The van der Waals surface area contributed by atoms with Gasteiger partial charge in [0.2, 0.25) is 0 Å². The number of rotatable bonds is 9. The van der Waals surface area contributed by atoms with E-state index in [0.717, 1.165) is 5.56 Å². The Kier molecular flexibility index (Phi) is 7.29. The average Bonchev–Trinajstić information content (AvgIpc) is 2.47. The van der Waals surface area contributed by atoms with Crippen molar-refractivity contribution >= 4 is 17.7 Å². The van der Waals surface area contributed by atoms with Crippen LogP contribution in [0.4, 0.5) is 0 Å². The Morgan fingerprint density at radius 1 is 1.14 bits per heavy atom. The van der Waals surface area contributed by atoms with Crippen molar-refractivity contribution in [3.63, 3.8) is 0 Å². The molecule has 0 fully saturated rings. The molecule has 0 aliphatic rings. The SMILES string of the molecule is CCOC(=O)CCCC(=O)Cc1ccc(C(C)C(=O)O)cc1. The van der Waals surface area contributed by atoms with E-state index in [1.54, 1.807) is 38.1 Å². The quantitative estimate of drug-likeness (QED) is 0.709. The zero-order valence-corrected chi connectivity index (χ0v) is 13.0. The summed E-state index contributed by atoms with van der Waals surface area (Å²) in [6.07, 6.45) is 1.39. The summed E-state index contributed by atoms with van der Waals surface area (Å²) in [5.41, 5.74) is 1.56. The molecule has 1 aromatic carbocycles. The Labute approximate surface area is 130 Å². The van der Waals surface area contributed by atoms with E-state index < -0.39 is 11.9 Å². The summed E-state index contributed by atoms with van der Waals surface area (Å²) in [6, 6.07) is 7.02. The number of ketones is 1. The third-order valence-corrected chi connectivity index (χ3v) is 3.39. The van der Waals surface area contributed by atoms with Crippen molar-refractivity contribution in [2.24, 2.45) is 0 Å². The molecule has 5 nitrogen and oxygen atoms in total. The second-order valence-corrected chi connectivity index (χ2v) is 5.18. The lowest BCUT2D eigenvalue weighted by Gasteiger charge is -2.07. The number of Topliss-reactive ketones (excluding diaryl/α,β-unsaturated/α-hetero) is 1. The van der Waals surface area contributed by atoms with Crippen LogP contribution in [0, 0.1) is 0 Å². The number of carboxylic acid groups (broad SMARTS) is 1. The Morgan fingerprint density at radius 2 is 1.77 bits per heavy atom. The van der Waals surface area contributed by atoms with Gasteiger partial charge in [-0.15, -0.1) is 0 Å². The van der Waals surface area contributed by atoms with Gasteiger partial charge in [-0.3, -0.25) is 14.4 Å². The summed E-state index contributed by atoms with van der Waals surface area (Å²) in [6.45, 7) is 3.73. The molecule has 1 rings (SSSR count). The van der Waals surface area contributed by atoms with E-state index >= 15 is 0 Å². The molecule has 0 spiro atoms. The first-order valence-electron chi connectivity index (χ1n) is 7.43. The van der Waals surface area contributed by atoms with Crippen molar-refractivity contribution in [3.05, 3.63) is 35.4 Å². The molecule has 22 heavy (non-hydrogen) atoms. The largest absolute Gasteiger partial charge is 0.481 e. The minimum atomic E-state index is -0.872. The summed E-state index contributed by atoms with van der Waals surface area (Å²) >= 11 is 0. The normalized spacial score (nSPS) is 11.7. The first kappa shape index (κ1) is 17.9. The van der Waals surface area contributed by atoms with Crippen molar-refractivity contribution in [2.75, 3.05) is 6.61 Å². The summed E-state index contributed by atoms with van der Waals surface area (Å²) in [7, 11) is 0. The van der Waals surface area contributed by atoms with Gasteiger partial charge >= 0.3 is 11.9 Å². The van der Waals surface area contributed by atoms with E-state index in [-0.39, 0.29) is 18.2 Å². The second kappa shape index (κ2) is 8.97. The molecular formula is C17H22O5. The van der Waals surface area contributed by atoms with Gasteiger partial charge < -0.3 is 9.84 Å². The van der Waals surface area contributed by atoms with Crippen LogP contribution in [0.5, 0.6) is 0 Å². The molecular weight excluding hydrogens is 284 g/mol. The first-order chi connectivity index (χ1) is 10.4. The van der Waals surface area contributed by atoms with E-state index in [1.807, 2.05) is 0 Å². The van der Waals surface area contributed by atoms with Crippen LogP contribution in [-0.2, 0) is 25.5 Å². The minimum Gasteiger partial charge on any atom is -0.481 e. The molecule has 0 saturated carbocycles. The molecule has 1 N–H and O–H groups in total. The number of aliphatic carboxylic acids is 1. The number of hydrogen-bond donors (Lipinski definition) is 1. The number of hydrogen-bond acceptors (Lipinski definition) is 4. The summed E-state index contributed by atoms with van der Waals surface area (Å²) < 4.78 is 4.80. The Hall–Kier alpha value is -2.17. The van der Waals surface area contributed by atoms with Gasteiger partial charge in [-0.1, -0.05) is 24.3 Å². The number of benzene rings is 1. The lowest BCUT2D eigenvalue weighted by Crippen LogP contribution is -2.08. The molecule has 0 saturated heterocycles. The number of carboxylic acids is 1. The molecule has 5 heteroatoms. The zero-order valence-electron chi connectivity index (χ0n) is 13.0. The molecule has 1 atom stereocenters. The van der Waals surface area contributed by atoms with Crippen molar-refractivity contribution in [1.29, 1.82) is 0 Å². The van der Waals surface area contributed by atoms with Crippen LogP contribution in [0.15, 0.2) is 24.3 Å². The Bertz CT molecular complexity index is 518. The Morgan fingerprint density at radius 3 is 2.32 bits per heavy atom. The number of esters is 1. The molecule has 0 radical (unpaired) electrons.